The summed E-state index contributed by atoms with van der Waals surface area (Å²) in [6.07, 6.45) is 7.04. The average molecular weight is 286 g/mol. The maximum atomic E-state index is 9.62. The van der Waals surface area contributed by atoms with Crippen molar-refractivity contribution in [3.63, 3.8) is 0 Å². The zero-order valence-corrected chi connectivity index (χ0v) is 12.5. The molecule has 1 unspecified atom stereocenters. The molecule has 0 spiro atoms. The third-order valence-electron chi connectivity index (χ3n) is 4.00. The predicted molar refractivity (Wildman–Crippen MR) is 87.2 cm³/mol. The lowest BCUT2D eigenvalue weighted by molar-refractivity contribution is 0.493. The van der Waals surface area contributed by atoms with Crippen molar-refractivity contribution in [2.24, 2.45) is 11.3 Å². The lowest BCUT2D eigenvalue weighted by Gasteiger charge is -2.29. The SMILES string of the molecule is C=CC1CCCC=C1C(C#N)(C#N)CC#Cc1ccccc1. The summed E-state index contributed by atoms with van der Waals surface area (Å²) < 4.78 is 0. The molecule has 0 radical (unpaired) electrons. The van der Waals surface area contributed by atoms with E-state index in [1.807, 2.05) is 42.5 Å². The van der Waals surface area contributed by atoms with Gasteiger partial charge in [0.25, 0.3) is 0 Å². The van der Waals surface area contributed by atoms with Crippen LogP contribution in [0, 0.1) is 45.8 Å². The second kappa shape index (κ2) is 7.31. The lowest BCUT2D eigenvalue weighted by atomic mass is 9.70. The maximum Gasteiger partial charge on any atom is 0.176 e. The molecule has 2 heteroatoms. The van der Waals surface area contributed by atoms with E-state index in [0.717, 1.165) is 30.4 Å². The van der Waals surface area contributed by atoms with E-state index in [1.54, 1.807) is 0 Å². The summed E-state index contributed by atoms with van der Waals surface area (Å²) >= 11 is 0. The fourth-order valence-electron chi connectivity index (χ4n) is 2.77. The standard InChI is InChI=1S/C20H18N2/c1-2-18-12-6-7-13-19(18)20(15-21,16-22)14-8-11-17-9-4-3-5-10-17/h2-5,9-10,13,18H,1,6-7,12,14H2. The third-order valence-corrected chi connectivity index (χ3v) is 4.00. The summed E-state index contributed by atoms with van der Waals surface area (Å²) in [4.78, 5) is 0. The predicted octanol–water partition coefficient (Wildman–Crippen LogP) is 4.37. The van der Waals surface area contributed by atoms with Crippen LogP contribution in [0.5, 0.6) is 0 Å². The van der Waals surface area contributed by atoms with E-state index >= 15 is 0 Å². The largest absolute Gasteiger partial charge is 0.196 e. The van der Waals surface area contributed by atoms with Crippen molar-refractivity contribution in [1.29, 1.82) is 10.5 Å². The van der Waals surface area contributed by atoms with Crippen molar-refractivity contribution >= 4 is 0 Å². The van der Waals surface area contributed by atoms with Crippen LogP contribution in [0.25, 0.3) is 0 Å². The van der Waals surface area contributed by atoms with Crippen molar-refractivity contribution in [1.82, 2.24) is 0 Å². The third kappa shape index (κ3) is 3.28. The Kier molecular flexibility index (Phi) is 5.19. The van der Waals surface area contributed by atoms with Gasteiger partial charge in [0.05, 0.1) is 12.1 Å². The number of nitrogens with zero attached hydrogens (tertiary/aromatic N) is 2. The smallest absolute Gasteiger partial charge is 0.176 e. The van der Waals surface area contributed by atoms with Crippen LogP contribution in [0.15, 0.2) is 54.6 Å². The van der Waals surface area contributed by atoms with Gasteiger partial charge in [-0.05, 0) is 37.0 Å². The van der Waals surface area contributed by atoms with E-state index in [2.05, 4.69) is 30.6 Å². The van der Waals surface area contributed by atoms with E-state index in [-0.39, 0.29) is 12.3 Å². The highest BCUT2D eigenvalue weighted by Gasteiger charge is 2.38. The van der Waals surface area contributed by atoms with Crippen molar-refractivity contribution in [2.75, 3.05) is 0 Å². The summed E-state index contributed by atoms with van der Waals surface area (Å²) in [5.41, 5.74) is 0.604. The number of rotatable bonds is 3. The van der Waals surface area contributed by atoms with Gasteiger partial charge in [-0.15, -0.1) is 6.58 Å². The summed E-state index contributed by atoms with van der Waals surface area (Å²) in [6, 6.07) is 14.0. The Hall–Kier alpha value is -2.76. The molecule has 0 N–H and O–H groups in total. The van der Waals surface area contributed by atoms with Crippen molar-refractivity contribution in [3.05, 3.63) is 60.2 Å². The zero-order valence-electron chi connectivity index (χ0n) is 12.5. The van der Waals surface area contributed by atoms with Crippen molar-refractivity contribution in [2.45, 2.75) is 25.7 Å². The number of benzene rings is 1. The van der Waals surface area contributed by atoms with E-state index < -0.39 is 5.41 Å². The monoisotopic (exact) mass is 286 g/mol. The summed E-state index contributed by atoms with van der Waals surface area (Å²) in [7, 11) is 0. The fourth-order valence-corrected chi connectivity index (χ4v) is 2.77. The van der Waals surface area contributed by atoms with Gasteiger partial charge in [-0.3, -0.25) is 0 Å². The Morgan fingerprint density at radius 1 is 1.23 bits per heavy atom. The molecule has 0 saturated carbocycles. The highest BCUT2D eigenvalue weighted by Crippen LogP contribution is 2.40. The molecule has 0 fully saturated rings. The van der Waals surface area contributed by atoms with Crippen LogP contribution in [0.1, 0.15) is 31.2 Å². The van der Waals surface area contributed by atoms with Crippen LogP contribution in [-0.4, -0.2) is 0 Å². The van der Waals surface area contributed by atoms with E-state index in [9.17, 15) is 10.5 Å². The first-order valence-electron chi connectivity index (χ1n) is 7.45. The number of hydrogen-bond donors (Lipinski definition) is 0. The number of hydrogen-bond acceptors (Lipinski definition) is 2. The molecular formula is C20H18N2. The Bertz CT molecular complexity index is 688. The molecule has 0 amide bonds. The molecular weight excluding hydrogens is 268 g/mol. The molecule has 0 aliphatic heterocycles. The first-order valence-corrected chi connectivity index (χ1v) is 7.45. The summed E-state index contributed by atoms with van der Waals surface area (Å²) in [5, 5.41) is 19.2. The number of allylic oxidation sites excluding steroid dienone is 3. The van der Waals surface area contributed by atoms with E-state index in [1.165, 1.54) is 0 Å². The lowest BCUT2D eigenvalue weighted by Crippen LogP contribution is -2.25. The van der Waals surface area contributed by atoms with E-state index in [0.29, 0.717) is 0 Å². The summed E-state index contributed by atoms with van der Waals surface area (Å²) in [6.45, 7) is 3.85. The molecule has 1 aromatic carbocycles. The minimum Gasteiger partial charge on any atom is -0.196 e. The normalized spacial score (nSPS) is 17.2. The Labute approximate surface area is 132 Å². The average Bonchev–Trinajstić information content (AvgIpc) is 2.60. The molecule has 1 atom stereocenters. The number of nitriles is 2. The molecule has 0 saturated heterocycles. The Balaban J connectivity index is 2.28. The Morgan fingerprint density at radius 3 is 2.59 bits per heavy atom. The molecule has 1 aliphatic rings. The second-order valence-corrected chi connectivity index (χ2v) is 5.41. The highest BCUT2D eigenvalue weighted by molar-refractivity contribution is 5.41. The van der Waals surface area contributed by atoms with Gasteiger partial charge in [-0.1, -0.05) is 42.2 Å². The van der Waals surface area contributed by atoms with E-state index in [4.69, 9.17) is 0 Å². The van der Waals surface area contributed by atoms with Gasteiger partial charge in [0.15, 0.2) is 5.41 Å². The molecule has 1 aliphatic carbocycles. The van der Waals surface area contributed by atoms with Crippen LogP contribution in [-0.2, 0) is 0 Å². The summed E-state index contributed by atoms with van der Waals surface area (Å²) in [5.74, 6) is 6.15. The van der Waals surface area contributed by atoms with Gasteiger partial charge in [-0.25, -0.2) is 0 Å². The van der Waals surface area contributed by atoms with Crippen LogP contribution in [0.2, 0.25) is 0 Å². The van der Waals surface area contributed by atoms with Gasteiger partial charge in [0.1, 0.15) is 0 Å². The van der Waals surface area contributed by atoms with Crippen LogP contribution in [0.3, 0.4) is 0 Å². The molecule has 2 rings (SSSR count). The van der Waals surface area contributed by atoms with Crippen LogP contribution in [0.4, 0.5) is 0 Å². The van der Waals surface area contributed by atoms with Crippen LogP contribution >= 0.6 is 0 Å². The van der Waals surface area contributed by atoms with Crippen molar-refractivity contribution < 1.29 is 0 Å². The maximum absolute atomic E-state index is 9.62. The molecule has 2 nitrogen and oxygen atoms in total. The fraction of sp³-hybridized carbons (Fsp3) is 0.300. The second-order valence-electron chi connectivity index (χ2n) is 5.41. The quantitative estimate of drug-likeness (QED) is 0.611. The first-order chi connectivity index (χ1) is 10.8. The highest BCUT2D eigenvalue weighted by atomic mass is 14.4. The van der Waals surface area contributed by atoms with Gasteiger partial charge in [-0.2, -0.15) is 10.5 Å². The minimum atomic E-state index is -1.17. The molecule has 108 valence electrons. The van der Waals surface area contributed by atoms with Gasteiger partial charge in [0.2, 0.25) is 0 Å². The van der Waals surface area contributed by atoms with Gasteiger partial charge >= 0.3 is 0 Å². The molecule has 0 heterocycles. The van der Waals surface area contributed by atoms with Crippen LogP contribution < -0.4 is 0 Å². The zero-order chi connectivity index (χ0) is 15.8. The molecule has 0 aromatic heterocycles. The van der Waals surface area contributed by atoms with Gasteiger partial charge < -0.3 is 0 Å². The minimum absolute atomic E-state index is 0.103. The molecule has 1 aromatic rings. The first kappa shape index (κ1) is 15.6. The molecule has 0 bridgehead atoms. The molecule has 22 heavy (non-hydrogen) atoms. The van der Waals surface area contributed by atoms with Crippen molar-refractivity contribution in [3.8, 4) is 24.0 Å². The Morgan fingerprint density at radius 2 is 1.95 bits per heavy atom. The van der Waals surface area contributed by atoms with Gasteiger partial charge in [0, 0.05) is 17.9 Å². The topological polar surface area (TPSA) is 47.6 Å².